The van der Waals surface area contributed by atoms with E-state index in [0.29, 0.717) is 13.0 Å². The van der Waals surface area contributed by atoms with E-state index in [0.717, 1.165) is 40.8 Å². The lowest BCUT2D eigenvalue weighted by molar-refractivity contribution is -0.117. The fraction of sp³-hybridized carbons (Fsp3) is 0.250. The van der Waals surface area contributed by atoms with Crippen molar-refractivity contribution in [2.24, 2.45) is 0 Å². The van der Waals surface area contributed by atoms with Crippen LogP contribution in [0.25, 0.3) is 17.0 Å². The molecule has 0 radical (unpaired) electrons. The average Bonchev–Trinajstić information content (AvgIpc) is 3.17. The van der Waals surface area contributed by atoms with Gasteiger partial charge in [-0.3, -0.25) is 4.79 Å². The largest absolute Gasteiger partial charge is 0.372 e. The van der Waals surface area contributed by atoms with Gasteiger partial charge in [0.05, 0.1) is 0 Å². The van der Waals surface area contributed by atoms with Gasteiger partial charge in [-0.15, -0.1) is 0 Å². The minimum Gasteiger partial charge on any atom is -0.372 e. The monoisotopic (exact) mass is 386 g/mol. The Hall–Kier alpha value is -3.52. The molecule has 148 valence electrons. The number of fused-ring (bicyclic) bond motifs is 1. The van der Waals surface area contributed by atoms with Crippen LogP contribution in [0.15, 0.2) is 60.3 Å². The Balaban J connectivity index is 1.62. The van der Waals surface area contributed by atoms with Crippen molar-refractivity contribution in [3.05, 3.63) is 71.4 Å². The zero-order valence-corrected chi connectivity index (χ0v) is 16.9. The van der Waals surface area contributed by atoms with Gasteiger partial charge in [0.1, 0.15) is 11.6 Å². The predicted molar refractivity (Wildman–Crippen MR) is 119 cm³/mol. The molecule has 5 nitrogen and oxygen atoms in total. The summed E-state index contributed by atoms with van der Waals surface area (Å²) < 4.78 is 0. The first kappa shape index (κ1) is 20.2. The molecular weight excluding hydrogens is 360 g/mol. The van der Waals surface area contributed by atoms with Gasteiger partial charge in [0.25, 0.3) is 5.91 Å². The maximum absolute atomic E-state index is 12.4. The average molecular weight is 386 g/mol. The second-order valence-electron chi connectivity index (χ2n) is 6.80. The van der Waals surface area contributed by atoms with E-state index in [1.54, 1.807) is 6.08 Å². The van der Waals surface area contributed by atoms with Crippen LogP contribution in [0.3, 0.4) is 0 Å². The molecule has 29 heavy (non-hydrogen) atoms. The van der Waals surface area contributed by atoms with E-state index in [1.165, 1.54) is 0 Å². The minimum absolute atomic E-state index is 0.111. The van der Waals surface area contributed by atoms with Crippen LogP contribution in [0, 0.1) is 11.3 Å². The number of nitriles is 1. The lowest BCUT2D eigenvalue weighted by atomic mass is 10.1. The minimum atomic E-state index is -0.347. The highest BCUT2D eigenvalue weighted by Gasteiger charge is 2.10. The summed E-state index contributed by atoms with van der Waals surface area (Å²) >= 11 is 0. The highest BCUT2D eigenvalue weighted by atomic mass is 16.1. The molecule has 0 aliphatic rings. The Morgan fingerprint density at radius 1 is 1.14 bits per heavy atom. The van der Waals surface area contributed by atoms with Crippen molar-refractivity contribution in [1.82, 2.24) is 10.3 Å². The molecule has 3 rings (SSSR count). The van der Waals surface area contributed by atoms with E-state index in [9.17, 15) is 10.1 Å². The Labute approximate surface area is 171 Å². The molecule has 0 aliphatic carbocycles. The topological polar surface area (TPSA) is 71.9 Å². The quantitative estimate of drug-likeness (QED) is 0.448. The van der Waals surface area contributed by atoms with Crippen molar-refractivity contribution in [2.45, 2.75) is 20.3 Å². The second-order valence-corrected chi connectivity index (χ2v) is 6.80. The predicted octanol–water partition coefficient (Wildman–Crippen LogP) is 4.28. The lowest BCUT2D eigenvalue weighted by Crippen LogP contribution is -2.26. The van der Waals surface area contributed by atoms with E-state index in [2.05, 4.69) is 35.1 Å². The van der Waals surface area contributed by atoms with Crippen LogP contribution in [-0.4, -0.2) is 30.5 Å². The Morgan fingerprint density at radius 2 is 1.86 bits per heavy atom. The molecule has 2 aromatic carbocycles. The molecule has 0 fully saturated rings. The number of H-pyrrole nitrogens is 1. The zero-order valence-electron chi connectivity index (χ0n) is 16.9. The number of nitrogens with one attached hydrogen (secondary N) is 2. The number of amides is 1. The second kappa shape index (κ2) is 9.61. The Kier molecular flexibility index (Phi) is 6.70. The number of benzene rings is 2. The fourth-order valence-corrected chi connectivity index (χ4v) is 3.43. The van der Waals surface area contributed by atoms with Crippen molar-refractivity contribution in [1.29, 1.82) is 5.26 Å². The van der Waals surface area contributed by atoms with Gasteiger partial charge < -0.3 is 15.2 Å². The molecule has 0 unspecified atom stereocenters. The summed E-state index contributed by atoms with van der Waals surface area (Å²) in [5, 5.41) is 13.4. The molecule has 1 aromatic heterocycles. The maximum Gasteiger partial charge on any atom is 0.261 e. The molecule has 0 atom stereocenters. The van der Waals surface area contributed by atoms with Gasteiger partial charge in [-0.05, 0) is 55.7 Å². The highest BCUT2D eigenvalue weighted by molar-refractivity contribution is 6.01. The molecular formula is C24H26N4O. The van der Waals surface area contributed by atoms with E-state index in [-0.39, 0.29) is 11.5 Å². The van der Waals surface area contributed by atoms with Crippen LogP contribution in [0.1, 0.15) is 25.0 Å². The summed E-state index contributed by atoms with van der Waals surface area (Å²) in [5.74, 6) is -0.347. The van der Waals surface area contributed by atoms with Gasteiger partial charge in [-0.2, -0.15) is 5.26 Å². The first-order valence-electron chi connectivity index (χ1n) is 9.96. The van der Waals surface area contributed by atoms with Crippen LogP contribution >= 0.6 is 0 Å². The number of hydrogen-bond donors (Lipinski definition) is 2. The smallest absolute Gasteiger partial charge is 0.261 e. The third-order valence-corrected chi connectivity index (χ3v) is 5.05. The number of carbonyl (C=O) groups excluding carboxylic acids is 1. The van der Waals surface area contributed by atoms with Crippen molar-refractivity contribution in [3.8, 4) is 6.07 Å². The number of anilines is 1. The molecule has 2 N–H and O–H groups in total. The van der Waals surface area contributed by atoms with Gasteiger partial charge in [0.2, 0.25) is 0 Å². The van der Waals surface area contributed by atoms with Gasteiger partial charge >= 0.3 is 0 Å². The van der Waals surface area contributed by atoms with E-state index in [1.807, 2.05) is 54.7 Å². The molecule has 3 aromatic rings. The van der Waals surface area contributed by atoms with Crippen molar-refractivity contribution >= 4 is 28.6 Å². The molecule has 0 saturated heterocycles. The van der Waals surface area contributed by atoms with Gasteiger partial charge in [0, 0.05) is 42.4 Å². The van der Waals surface area contributed by atoms with Crippen LogP contribution in [0.5, 0.6) is 0 Å². The molecule has 5 heteroatoms. The molecule has 0 spiro atoms. The summed E-state index contributed by atoms with van der Waals surface area (Å²) in [5.41, 5.74) is 4.31. The van der Waals surface area contributed by atoms with Crippen molar-refractivity contribution in [3.63, 3.8) is 0 Å². The third kappa shape index (κ3) is 4.85. The van der Waals surface area contributed by atoms with Gasteiger partial charge in [-0.25, -0.2) is 0 Å². The first-order valence-corrected chi connectivity index (χ1v) is 9.96. The summed E-state index contributed by atoms with van der Waals surface area (Å²) in [4.78, 5) is 17.9. The van der Waals surface area contributed by atoms with E-state index in [4.69, 9.17) is 0 Å². The normalized spacial score (nSPS) is 11.3. The fourth-order valence-electron chi connectivity index (χ4n) is 3.43. The Bertz CT molecular complexity index is 1040. The summed E-state index contributed by atoms with van der Waals surface area (Å²) in [6, 6.07) is 18.0. The number of carbonyl (C=O) groups is 1. The van der Waals surface area contributed by atoms with Crippen molar-refractivity contribution < 1.29 is 4.79 Å². The van der Waals surface area contributed by atoms with E-state index >= 15 is 0 Å². The standard InChI is InChI=1S/C24H26N4O/c1-3-28(4-2)21-11-9-18(10-12-21)15-20(16-25)24(29)26-14-13-19-17-27-23-8-6-5-7-22(19)23/h5-12,15,17,27H,3-4,13-14H2,1-2H3,(H,26,29). The van der Waals surface area contributed by atoms with Crippen LogP contribution < -0.4 is 10.2 Å². The number of nitrogens with zero attached hydrogens (tertiary/aromatic N) is 2. The van der Waals surface area contributed by atoms with Crippen LogP contribution in [0.4, 0.5) is 5.69 Å². The third-order valence-electron chi connectivity index (χ3n) is 5.05. The number of rotatable bonds is 8. The molecule has 0 aliphatic heterocycles. The maximum atomic E-state index is 12.4. The number of aromatic nitrogens is 1. The summed E-state index contributed by atoms with van der Waals surface area (Å²) in [7, 11) is 0. The number of para-hydroxylation sites is 1. The SMILES string of the molecule is CCN(CC)c1ccc(C=C(C#N)C(=O)NCCc2c[nH]c3ccccc23)cc1. The number of aromatic amines is 1. The zero-order chi connectivity index (χ0) is 20.6. The molecule has 0 saturated carbocycles. The van der Waals surface area contributed by atoms with Crippen molar-refractivity contribution in [2.75, 3.05) is 24.5 Å². The first-order chi connectivity index (χ1) is 14.2. The molecule has 1 heterocycles. The van der Waals surface area contributed by atoms with Crippen LogP contribution in [-0.2, 0) is 11.2 Å². The van der Waals surface area contributed by atoms with E-state index < -0.39 is 0 Å². The van der Waals surface area contributed by atoms with Crippen LogP contribution in [0.2, 0.25) is 0 Å². The van der Waals surface area contributed by atoms with Gasteiger partial charge in [-0.1, -0.05) is 30.3 Å². The summed E-state index contributed by atoms with van der Waals surface area (Å²) in [6.45, 7) is 6.58. The lowest BCUT2D eigenvalue weighted by Gasteiger charge is -2.20. The number of hydrogen-bond acceptors (Lipinski definition) is 3. The highest BCUT2D eigenvalue weighted by Crippen LogP contribution is 2.18. The molecule has 1 amide bonds. The molecule has 0 bridgehead atoms. The summed E-state index contributed by atoms with van der Waals surface area (Å²) in [6.07, 6.45) is 4.30. The van der Waals surface area contributed by atoms with Gasteiger partial charge in [0.15, 0.2) is 0 Å². The Morgan fingerprint density at radius 3 is 2.55 bits per heavy atom.